The highest BCUT2D eigenvalue weighted by molar-refractivity contribution is 6.31. The van der Waals surface area contributed by atoms with Crippen LogP contribution in [0.2, 0.25) is 10.0 Å². The number of carbonyl (C=O) groups excluding carboxylic acids is 1. The van der Waals surface area contributed by atoms with Crippen LogP contribution in [0, 0.1) is 5.92 Å². The van der Waals surface area contributed by atoms with Gasteiger partial charge >= 0.3 is 0 Å². The molecule has 1 aromatic carbocycles. The van der Waals surface area contributed by atoms with Gasteiger partial charge in [0.15, 0.2) is 12.1 Å². The van der Waals surface area contributed by atoms with Crippen molar-refractivity contribution < 1.29 is 19.7 Å². The van der Waals surface area contributed by atoms with E-state index in [1.165, 1.54) is 0 Å². The zero-order valence-electron chi connectivity index (χ0n) is 18.0. The second-order valence-corrected chi connectivity index (χ2v) is 8.99. The van der Waals surface area contributed by atoms with Gasteiger partial charge in [-0.2, -0.15) is 0 Å². The van der Waals surface area contributed by atoms with Crippen LogP contribution < -0.4 is 0 Å². The van der Waals surface area contributed by atoms with E-state index in [0.717, 1.165) is 24.1 Å². The number of nitrogens with one attached hydrogen (secondary N) is 1. The second kappa shape index (κ2) is 11.8. The fourth-order valence-corrected chi connectivity index (χ4v) is 4.16. The lowest BCUT2D eigenvalue weighted by Crippen LogP contribution is -2.14. The molecule has 172 valence electrons. The Morgan fingerprint density at radius 1 is 1.19 bits per heavy atom. The maximum atomic E-state index is 13.1. The number of ketones is 1. The van der Waals surface area contributed by atoms with Crippen LogP contribution in [0.15, 0.2) is 36.5 Å². The predicted molar refractivity (Wildman–Crippen MR) is 126 cm³/mol. The Morgan fingerprint density at radius 2 is 2.00 bits per heavy atom. The highest BCUT2D eigenvalue weighted by atomic mass is 35.5. The van der Waals surface area contributed by atoms with Crippen molar-refractivity contribution in [2.45, 2.75) is 51.9 Å². The quantitative estimate of drug-likeness (QED) is 0.186. The molecule has 0 aliphatic rings. The molecule has 3 N–H and O–H groups in total. The van der Waals surface area contributed by atoms with E-state index in [-0.39, 0.29) is 24.5 Å². The molecule has 8 heteroatoms. The predicted octanol–water partition coefficient (Wildman–Crippen LogP) is 5.32. The number of aromatic amines is 1. The Morgan fingerprint density at radius 3 is 2.75 bits per heavy atom. The van der Waals surface area contributed by atoms with Crippen molar-refractivity contribution in [2.75, 3.05) is 6.61 Å². The number of fused-ring (bicyclic) bond motifs is 1. The van der Waals surface area contributed by atoms with Gasteiger partial charge in [0.05, 0.1) is 11.6 Å². The van der Waals surface area contributed by atoms with Gasteiger partial charge in [0, 0.05) is 47.3 Å². The van der Waals surface area contributed by atoms with Gasteiger partial charge in [-0.05, 0) is 48.9 Å². The minimum Gasteiger partial charge on any atom is -0.377 e. The fourth-order valence-electron chi connectivity index (χ4n) is 3.79. The number of aliphatic hydroxyl groups is 2. The van der Waals surface area contributed by atoms with Crippen LogP contribution in [-0.4, -0.2) is 38.9 Å². The molecule has 0 amide bonds. The number of H-pyrrole nitrogens is 1. The zero-order valence-corrected chi connectivity index (χ0v) is 19.5. The Labute approximate surface area is 197 Å². The van der Waals surface area contributed by atoms with Crippen molar-refractivity contribution in [2.24, 2.45) is 5.92 Å². The zero-order chi connectivity index (χ0) is 23.1. The Hall–Kier alpha value is -1.96. The number of aromatic nitrogens is 2. The van der Waals surface area contributed by atoms with Crippen LogP contribution in [0.1, 0.15) is 54.2 Å². The van der Waals surface area contributed by atoms with Gasteiger partial charge in [-0.3, -0.25) is 4.79 Å². The number of rotatable bonds is 12. The molecule has 3 aromatic rings. The van der Waals surface area contributed by atoms with Gasteiger partial charge in [-0.15, -0.1) is 0 Å². The molecule has 0 spiro atoms. The topological polar surface area (TPSA) is 95.4 Å². The van der Waals surface area contributed by atoms with E-state index in [1.807, 2.05) is 31.2 Å². The molecule has 0 saturated heterocycles. The minimum absolute atomic E-state index is 0.0549. The number of aryl methyl sites for hydroxylation is 1. The molecular weight excluding hydrogens is 451 g/mol. The summed E-state index contributed by atoms with van der Waals surface area (Å²) in [5, 5.41) is 20.2. The lowest BCUT2D eigenvalue weighted by Gasteiger charge is -2.12. The third-order valence-electron chi connectivity index (χ3n) is 5.24. The Bertz CT molecular complexity index is 1050. The van der Waals surface area contributed by atoms with Crippen LogP contribution in [0.5, 0.6) is 0 Å². The number of carbonyl (C=O) groups is 1. The SMILES string of the molecule is C[C@@H](CC(=O)c1c(CCCCOCc2cccc(Cl)c2)[nH]c2ncc(Cl)cc12)CC(O)O. The Kier molecular flexibility index (Phi) is 9.08. The molecule has 0 unspecified atom stereocenters. The number of benzene rings is 1. The van der Waals surface area contributed by atoms with Gasteiger partial charge in [0.1, 0.15) is 5.65 Å². The molecule has 6 nitrogen and oxygen atoms in total. The number of unbranched alkanes of at least 4 members (excludes halogenated alkanes) is 1. The molecule has 0 fully saturated rings. The number of halogens is 2. The summed E-state index contributed by atoms with van der Waals surface area (Å²) in [5.41, 5.74) is 3.08. The molecule has 1 atom stereocenters. The molecule has 32 heavy (non-hydrogen) atoms. The van der Waals surface area contributed by atoms with Crippen molar-refractivity contribution in [1.82, 2.24) is 9.97 Å². The summed E-state index contributed by atoms with van der Waals surface area (Å²) in [6.45, 7) is 2.94. The van der Waals surface area contributed by atoms with E-state index in [0.29, 0.717) is 46.3 Å². The molecular formula is C24H28Cl2N2O4. The van der Waals surface area contributed by atoms with Crippen molar-refractivity contribution in [3.63, 3.8) is 0 Å². The van der Waals surface area contributed by atoms with E-state index in [4.69, 9.17) is 27.9 Å². The average Bonchev–Trinajstić information content (AvgIpc) is 3.07. The van der Waals surface area contributed by atoms with Crippen LogP contribution in [-0.2, 0) is 17.8 Å². The van der Waals surface area contributed by atoms with Gasteiger partial charge in [0.2, 0.25) is 0 Å². The number of hydrogen-bond donors (Lipinski definition) is 3. The average molecular weight is 479 g/mol. The summed E-state index contributed by atoms with van der Waals surface area (Å²) in [5.74, 6) is -0.215. The molecule has 3 rings (SSSR count). The number of aliphatic hydroxyl groups excluding tert-OH is 1. The molecule has 0 aliphatic carbocycles. The highest BCUT2D eigenvalue weighted by Gasteiger charge is 2.22. The first kappa shape index (κ1) is 24.7. The first-order valence-electron chi connectivity index (χ1n) is 10.7. The van der Waals surface area contributed by atoms with Crippen LogP contribution in [0.3, 0.4) is 0 Å². The number of hydrogen-bond acceptors (Lipinski definition) is 5. The van der Waals surface area contributed by atoms with Gasteiger partial charge in [-0.1, -0.05) is 42.3 Å². The molecule has 0 radical (unpaired) electrons. The Balaban J connectivity index is 1.61. The number of Topliss-reactive ketones (excluding diaryl/α,β-unsaturated/α-hetero) is 1. The van der Waals surface area contributed by atoms with Gasteiger partial charge < -0.3 is 19.9 Å². The lowest BCUT2D eigenvalue weighted by molar-refractivity contribution is -0.0543. The largest absolute Gasteiger partial charge is 0.377 e. The molecule has 0 aliphatic heterocycles. The molecule has 0 bridgehead atoms. The third-order valence-corrected chi connectivity index (χ3v) is 5.69. The minimum atomic E-state index is -1.43. The number of nitrogens with zero attached hydrogens (tertiary/aromatic N) is 1. The van der Waals surface area contributed by atoms with Crippen molar-refractivity contribution in [3.8, 4) is 0 Å². The standard InChI is InChI=1S/C24H28Cl2N2O4/c1-15(10-22(30)31)9-21(29)23-19-12-18(26)13-27-24(19)28-20(23)7-2-3-8-32-14-16-5-4-6-17(25)11-16/h4-6,11-13,15,22,30-31H,2-3,7-10,14H2,1H3,(H,27,28)/t15-/m0/s1. The van der Waals surface area contributed by atoms with Gasteiger partial charge in [0.25, 0.3) is 0 Å². The van der Waals surface area contributed by atoms with E-state index in [2.05, 4.69) is 9.97 Å². The molecule has 2 aromatic heterocycles. The first-order chi connectivity index (χ1) is 15.3. The van der Waals surface area contributed by atoms with Crippen LogP contribution in [0.25, 0.3) is 11.0 Å². The third kappa shape index (κ3) is 7.02. The fraction of sp³-hybridized carbons (Fsp3) is 0.417. The lowest BCUT2D eigenvalue weighted by atomic mass is 9.94. The monoisotopic (exact) mass is 478 g/mol. The maximum absolute atomic E-state index is 13.1. The summed E-state index contributed by atoms with van der Waals surface area (Å²) in [7, 11) is 0. The van der Waals surface area contributed by atoms with E-state index >= 15 is 0 Å². The molecule has 2 heterocycles. The second-order valence-electron chi connectivity index (χ2n) is 8.12. The van der Waals surface area contributed by atoms with Crippen LogP contribution >= 0.6 is 23.2 Å². The maximum Gasteiger partial charge on any atom is 0.165 e. The van der Waals surface area contributed by atoms with Crippen molar-refractivity contribution >= 4 is 40.0 Å². The summed E-state index contributed by atoms with van der Waals surface area (Å²) >= 11 is 12.1. The number of pyridine rings is 1. The van der Waals surface area contributed by atoms with Crippen molar-refractivity contribution in [1.29, 1.82) is 0 Å². The smallest absolute Gasteiger partial charge is 0.165 e. The van der Waals surface area contributed by atoms with E-state index in [1.54, 1.807) is 12.3 Å². The first-order valence-corrected chi connectivity index (χ1v) is 11.5. The summed E-state index contributed by atoms with van der Waals surface area (Å²) in [6, 6.07) is 9.34. The van der Waals surface area contributed by atoms with E-state index in [9.17, 15) is 15.0 Å². The number of ether oxygens (including phenoxy) is 1. The summed E-state index contributed by atoms with van der Waals surface area (Å²) in [4.78, 5) is 20.7. The highest BCUT2D eigenvalue weighted by Crippen LogP contribution is 2.28. The van der Waals surface area contributed by atoms with Gasteiger partial charge in [-0.25, -0.2) is 4.98 Å². The van der Waals surface area contributed by atoms with E-state index < -0.39 is 6.29 Å². The summed E-state index contributed by atoms with van der Waals surface area (Å²) in [6.07, 6.45) is 2.83. The van der Waals surface area contributed by atoms with Crippen LogP contribution in [0.4, 0.5) is 0 Å². The van der Waals surface area contributed by atoms with Crippen molar-refractivity contribution in [3.05, 3.63) is 63.4 Å². The molecule has 0 saturated carbocycles. The summed E-state index contributed by atoms with van der Waals surface area (Å²) < 4.78 is 5.74. The normalized spacial score (nSPS) is 12.6.